The van der Waals surface area contributed by atoms with Crippen LogP contribution < -0.4 is 0 Å². The highest BCUT2D eigenvalue weighted by molar-refractivity contribution is 5.86. The summed E-state index contributed by atoms with van der Waals surface area (Å²) in [5.74, 6) is -1.03. The largest absolute Gasteiger partial charge is 0.455 e. The van der Waals surface area contributed by atoms with Crippen molar-refractivity contribution in [2.75, 3.05) is 6.61 Å². The standard InChI is InChI=1S/C12H17NO4/c1-6-11(2,3)9(14)17-8-7-16-10(15)12(8,4)13-5/h8H,6-7H2,1-4H3. The zero-order valence-corrected chi connectivity index (χ0v) is 10.6. The summed E-state index contributed by atoms with van der Waals surface area (Å²) in [6, 6.07) is 0. The lowest BCUT2D eigenvalue weighted by Crippen LogP contribution is -2.43. The van der Waals surface area contributed by atoms with Crippen molar-refractivity contribution in [1.82, 2.24) is 0 Å². The van der Waals surface area contributed by atoms with E-state index in [1.54, 1.807) is 13.8 Å². The number of esters is 2. The molecular weight excluding hydrogens is 222 g/mol. The third-order valence-electron chi connectivity index (χ3n) is 3.32. The van der Waals surface area contributed by atoms with Gasteiger partial charge in [0, 0.05) is 6.92 Å². The van der Waals surface area contributed by atoms with Crippen LogP contribution in [-0.2, 0) is 19.1 Å². The van der Waals surface area contributed by atoms with Crippen LogP contribution in [0.5, 0.6) is 0 Å². The van der Waals surface area contributed by atoms with Crippen LogP contribution in [-0.4, -0.2) is 30.2 Å². The molecule has 1 aliphatic rings. The number of hydrogen-bond acceptors (Lipinski definition) is 4. The van der Waals surface area contributed by atoms with E-state index in [1.807, 2.05) is 6.92 Å². The Kier molecular flexibility index (Phi) is 3.46. The third-order valence-corrected chi connectivity index (χ3v) is 3.32. The van der Waals surface area contributed by atoms with Crippen molar-refractivity contribution in [3.05, 3.63) is 11.4 Å². The summed E-state index contributed by atoms with van der Waals surface area (Å²) < 4.78 is 10.0. The molecule has 0 bridgehead atoms. The maximum absolute atomic E-state index is 11.9. The van der Waals surface area contributed by atoms with Crippen molar-refractivity contribution in [2.24, 2.45) is 5.41 Å². The highest BCUT2D eigenvalue weighted by Crippen LogP contribution is 2.30. The van der Waals surface area contributed by atoms with Gasteiger partial charge in [0.25, 0.3) is 0 Å². The molecule has 5 nitrogen and oxygen atoms in total. The van der Waals surface area contributed by atoms with Gasteiger partial charge in [-0.1, -0.05) is 6.92 Å². The Morgan fingerprint density at radius 3 is 2.76 bits per heavy atom. The van der Waals surface area contributed by atoms with E-state index >= 15 is 0 Å². The topological polar surface area (TPSA) is 57.0 Å². The van der Waals surface area contributed by atoms with E-state index in [-0.39, 0.29) is 6.61 Å². The minimum atomic E-state index is -1.40. The maximum Gasteiger partial charge on any atom is 0.397 e. The summed E-state index contributed by atoms with van der Waals surface area (Å²) in [4.78, 5) is 26.5. The van der Waals surface area contributed by atoms with Gasteiger partial charge in [0.2, 0.25) is 6.10 Å². The molecule has 1 fully saturated rings. The SMILES string of the molecule is [C-]#[N+]C1(C)C(=O)OCC1OC(=O)C(C)(C)CC. The minimum Gasteiger partial charge on any atom is -0.455 e. The first-order valence-corrected chi connectivity index (χ1v) is 5.55. The zero-order chi connectivity index (χ0) is 13.3. The van der Waals surface area contributed by atoms with Gasteiger partial charge >= 0.3 is 17.5 Å². The molecule has 17 heavy (non-hydrogen) atoms. The minimum absolute atomic E-state index is 0.0384. The number of rotatable bonds is 3. The predicted molar refractivity (Wildman–Crippen MR) is 59.9 cm³/mol. The molecule has 5 heteroatoms. The van der Waals surface area contributed by atoms with Crippen molar-refractivity contribution in [3.8, 4) is 0 Å². The Bertz CT molecular complexity index is 382. The Hall–Kier alpha value is -1.57. The molecule has 1 rings (SSSR count). The van der Waals surface area contributed by atoms with Gasteiger partial charge in [-0.05, 0) is 20.3 Å². The van der Waals surface area contributed by atoms with E-state index in [1.165, 1.54) is 6.92 Å². The van der Waals surface area contributed by atoms with E-state index in [9.17, 15) is 9.59 Å². The Morgan fingerprint density at radius 2 is 2.29 bits per heavy atom. The van der Waals surface area contributed by atoms with Gasteiger partial charge in [0.15, 0.2) is 0 Å². The number of hydrogen-bond donors (Lipinski definition) is 0. The summed E-state index contributed by atoms with van der Waals surface area (Å²) in [6.45, 7) is 13.8. The summed E-state index contributed by atoms with van der Waals surface area (Å²) in [7, 11) is 0. The van der Waals surface area contributed by atoms with Crippen LogP contribution in [0.15, 0.2) is 0 Å². The molecule has 2 unspecified atom stereocenters. The highest BCUT2D eigenvalue weighted by Gasteiger charge is 2.58. The molecule has 1 saturated heterocycles. The van der Waals surface area contributed by atoms with Gasteiger partial charge in [0.05, 0.1) is 5.41 Å². The van der Waals surface area contributed by atoms with Crippen LogP contribution >= 0.6 is 0 Å². The number of nitrogens with zero attached hydrogens (tertiary/aromatic N) is 1. The first-order valence-electron chi connectivity index (χ1n) is 5.55. The monoisotopic (exact) mass is 239 g/mol. The lowest BCUT2D eigenvalue weighted by atomic mass is 9.90. The lowest BCUT2D eigenvalue weighted by molar-refractivity contribution is -0.161. The molecule has 2 atom stereocenters. The second-order valence-electron chi connectivity index (χ2n) is 4.99. The van der Waals surface area contributed by atoms with Gasteiger partial charge in [-0.3, -0.25) is 9.64 Å². The van der Waals surface area contributed by atoms with Gasteiger partial charge in [0.1, 0.15) is 6.61 Å². The molecule has 0 aliphatic carbocycles. The average molecular weight is 239 g/mol. The van der Waals surface area contributed by atoms with Crippen molar-refractivity contribution < 1.29 is 19.1 Å². The fourth-order valence-corrected chi connectivity index (χ4v) is 1.29. The highest BCUT2D eigenvalue weighted by atomic mass is 16.6. The van der Waals surface area contributed by atoms with Crippen molar-refractivity contribution in [3.63, 3.8) is 0 Å². The first-order chi connectivity index (χ1) is 7.78. The van der Waals surface area contributed by atoms with E-state index < -0.39 is 29.0 Å². The van der Waals surface area contributed by atoms with Crippen LogP contribution in [0.1, 0.15) is 34.1 Å². The molecule has 0 spiro atoms. The summed E-state index contributed by atoms with van der Waals surface area (Å²) in [5, 5.41) is 0. The molecule has 0 aromatic heterocycles. The van der Waals surface area contributed by atoms with Gasteiger partial charge in [-0.2, -0.15) is 0 Å². The fraction of sp³-hybridized carbons (Fsp3) is 0.750. The molecule has 1 heterocycles. The maximum atomic E-state index is 11.9. The van der Waals surface area contributed by atoms with Crippen molar-refractivity contribution in [2.45, 2.75) is 45.8 Å². The third kappa shape index (κ3) is 2.26. The lowest BCUT2D eigenvalue weighted by Gasteiger charge is -2.24. The Labute approximate surface area is 101 Å². The van der Waals surface area contributed by atoms with E-state index in [4.69, 9.17) is 16.0 Å². The van der Waals surface area contributed by atoms with Gasteiger partial charge < -0.3 is 9.47 Å². The zero-order valence-electron chi connectivity index (χ0n) is 10.6. The number of carbonyl (C=O) groups is 2. The summed E-state index contributed by atoms with van der Waals surface area (Å²) in [5.41, 5.74) is -2.02. The Balaban J connectivity index is 2.81. The Morgan fingerprint density at radius 1 is 1.71 bits per heavy atom. The van der Waals surface area contributed by atoms with Gasteiger partial charge in [-0.25, -0.2) is 11.4 Å². The second kappa shape index (κ2) is 4.36. The van der Waals surface area contributed by atoms with Crippen LogP contribution in [0.4, 0.5) is 0 Å². The molecule has 0 N–H and O–H groups in total. The fourth-order valence-electron chi connectivity index (χ4n) is 1.29. The summed E-state index contributed by atoms with van der Waals surface area (Å²) in [6.07, 6.45) is -0.187. The molecule has 0 saturated carbocycles. The van der Waals surface area contributed by atoms with Gasteiger partial charge in [-0.15, -0.1) is 0 Å². The second-order valence-corrected chi connectivity index (χ2v) is 4.99. The van der Waals surface area contributed by atoms with Crippen LogP contribution in [0.2, 0.25) is 0 Å². The molecular formula is C12H17NO4. The molecule has 0 radical (unpaired) electrons. The van der Waals surface area contributed by atoms with Crippen LogP contribution in [0.3, 0.4) is 0 Å². The van der Waals surface area contributed by atoms with Crippen molar-refractivity contribution in [1.29, 1.82) is 0 Å². The van der Waals surface area contributed by atoms with E-state index in [0.29, 0.717) is 6.42 Å². The molecule has 0 aromatic carbocycles. The number of ether oxygens (including phenoxy) is 2. The molecule has 94 valence electrons. The van der Waals surface area contributed by atoms with Crippen molar-refractivity contribution >= 4 is 11.9 Å². The first kappa shape index (κ1) is 13.5. The molecule has 0 aromatic rings. The smallest absolute Gasteiger partial charge is 0.397 e. The molecule has 1 aliphatic heterocycles. The van der Waals surface area contributed by atoms with Crippen LogP contribution in [0.25, 0.3) is 4.85 Å². The molecule has 0 amide bonds. The van der Waals surface area contributed by atoms with E-state index in [2.05, 4.69) is 4.85 Å². The number of cyclic esters (lactones) is 1. The van der Waals surface area contributed by atoms with Crippen LogP contribution in [0, 0.1) is 12.0 Å². The average Bonchev–Trinajstić information content (AvgIpc) is 2.57. The quantitative estimate of drug-likeness (QED) is 0.554. The predicted octanol–water partition coefficient (Wildman–Crippen LogP) is 1.57. The van der Waals surface area contributed by atoms with E-state index in [0.717, 1.165) is 0 Å². The number of carbonyl (C=O) groups excluding carboxylic acids is 2. The normalized spacial score (nSPS) is 28.4. The summed E-state index contributed by atoms with van der Waals surface area (Å²) >= 11 is 0.